The highest BCUT2D eigenvalue weighted by Gasteiger charge is 2.14. The smallest absolute Gasteiger partial charge is 0.254 e. The van der Waals surface area contributed by atoms with Crippen LogP contribution in [0.5, 0.6) is 0 Å². The summed E-state index contributed by atoms with van der Waals surface area (Å²) in [7, 11) is 0. The number of halogens is 2. The van der Waals surface area contributed by atoms with Crippen LogP contribution in [0.3, 0.4) is 0 Å². The number of rotatable bonds is 5. The minimum atomic E-state index is -0.517. The topological polar surface area (TPSA) is 29.1 Å². The summed E-state index contributed by atoms with van der Waals surface area (Å²) in [4.78, 5) is 12.0. The average molecular weight is 350 g/mol. The molecule has 0 spiro atoms. The molecular weight excluding hydrogens is 333 g/mol. The molecule has 0 saturated heterocycles. The molecule has 1 unspecified atom stereocenters. The van der Waals surface area contributed by atoms with E-state index in [4.69, 9.17) is 0 Å². The highest BCUT2D eigenvalue weighted by Crippen LogP contribution is 2.15. The van der Waals surface area contributed by atoms with Crippen molar-refractivity contribution in [1.29, 1.82) is 0 Å². The minimum Gasteiger partial charge on any atom is -0.349 e. The molecule has 1 N–H and O–H groups in total. The van der Waals surface area contributed by atoms with Crippen molar-refractivity contribution in [2.45, 2.75) is 25.8 Å². The maximum atomic E-state index is 13.7. The second-order valence-electron chi connectivity index (χ2n) is 5.02. The molecule has 2 nitrogen and oxygen atoms in total. The second-order valence-corrected chi connectivity index (χ2v) is 5.94. The summed E-state index contributed by atoms with van der Waals surface area (Å²) in [5, 5.41) is 2.83. The Morgan fingerprint density at radius 1 is 1.24 bits per heavy atom. The first-order valence-electron chi connectivity index (χ1n) is 6.86. The molecule has 1 amide bonds. The van der Waals surface area contributed by atoms with E-state index in [0.29, 0.717) is 4.47 Å². The molecule has 21 heavy (non-hydrogen) atoms. The maximum absolute atomic E-state index is 13.7. The molecule has 0 fully saturated rings. The Morgan fingerprint density at radius 3 is 2.62 bits per heavy atom. The lowest BCUT2D eigenvalue weighted by Crippen LogP contribution is -2.33. The molecular formula is C17H17BrFNO. The van der Waals surface area contributed by atoms with Crippen molar-refractivity contribution >= 4 is 21.8 Å². The number of hydrogen-bond donors (Lipinski definition) is 1. The van der Waals surface area contributed by atoms with E-state index >= 15 is 0 Å². The number of hydrogen-bond acceptors (Lipinski definition) is 1. The Morgan fingerprint density at radius 2 is 1.95 bits per heavy atom. The lowest BCUT2D eigenvalue weighted by atomic mass is 10.1. The van der Waals surface area contributed by atoms with Gasteiger partial charge in [-0.25, -0.2) is 4.39 Å². The molecule has 2 aromatic carbocycles. The summed E-state index contributed by atoms with van der Waals surface area (Å²) < 4.78 is 14.3. The fourth-order valence-electron chi connectivity index (χ4n) is 2.08. The standard InChI is InChI=1S/C17H17BrFNO/c1-12(7-8-13-5-3-2-4-6-13)20-17(21)15-10-9-14(18)11-16(15)19/h2-6,9-12H,7-8H2,1H3,(H,20,21). The van der Waals surface area contributed by atoms with E-state index in [-0.39, 0.29) is 17.5 Å². The van der Waals surface area contributed by atoms with E-state index in [9.17, 15) is 9.18 Å². The van der Waals surface area contributed by atoms with E-state index in [1.54, 1.807) is 6.07 Å². The summed E-state index contributed by atoms with van der Waals surface area (Å²) in [5.41, 5.74) is 1.30. The monoisotopic (exact) mass is 349 g/mol. The van der Waals surface area contributed by atoms with Crippen molar-refractivity contribution in [3.8, 4) is 0 Å². The number of nitrogens with one attached hydrogen (secondary N) is 1. The summed E-state index contributed by atoms with van der Waals surface area (Å²) in [6, 6.07) is 14.5. The van der Waals surface area contributed by atoms with Gasteiger partial charge in [-0.3, -0.25) is 4.79 Å². The van der Waals surface area contributed by atoms with Gasteiger partial charge in [0, 0.05) is 10.5 Å². The first-order chi connectivity index (χ1) is 10.1. The number of benzene rings is 2. The van der Waals surface area contributed by atoms with Crippen LogP contribution in [0, 0.1) is 5.82 Å². The van der Waals surface area contributed by atoms with Gasteiger partial charge in [-0.2, -0.15) is 0 Å². The molecule has 0 aliphatic rings. The third-order valence-electron chi connectivity index (χ3n) is 3.26. The second kappa shape index (κ2) is 7.36. The molecule has 0 aliphatic carbocycles. The largest absolute Gasteiger partial charge is 0.349 e. The van der Waals surface area contributed by atoms with Crippen molar-refractivity contribution in [3.05, 3.63) is 69.9 Å². The Hall–Kier alpha value is -1.68. The van der Waals surface area contributed by atoms with Gasteiger partial charge in [0.15, 0.2) is 0 Å². The summed E-state index contributed by atoms with van der Waals surface area (Å²) in [5.74, 6) is -0.891. The van der Waals surface area contributed by atoms with Crippen LogP contribution >= 0.6 is 15.9 Å². The van der Waals surface area contributed by atoms with Gasteiger partial charge in [0.1, 0.15) is 5.82 Å². The molecule has 0 radical (unpaired) electrons. The first-order valence-corrected chi connectivity index (χ1v) is 7.65. The molecule has 2 aromatic rings. The van der Waals surface area contributed by atoms with Gasteiger partial charge in [-0.05, 0) is 43.5 Å². The number of carbonyl (C=O) groups excluding carboxylic acids is 1. The van der Waals surface area contributed by atoms with Crippen molar-refractivity contribution in [3.63, 3.8) is 0 Å². The van der Waals surface area contributed by atoms with Crippen LogP contribution in [-0.2, 0) is 6.42 Å². The maximum Gasteiger partial charge on any atom is 0.254 e. The predicted molar refractivity (Wildman–Crippen MR) is 85.8 cm³/mol. The first kappa shape index (κ1) is 15.7. The normalized spacial score (nSPS) is 12.0. The van der Waals surface area contributed by atoms with Gasteiger partial charge in [-0.15, -0.1) is 0 Å². The van der Waals surface area contributed by atoms with Crippen LogP contribution in [-0.4, -0.2) is 11.9 Å². The number of carbonyl (C=O) groups is 1. The Bertz CT molecular complexity index is 615. The molecule has 0 bridgehead atoms. The van der Waals surface area contributed by atoms with Crippen LogP contribution in [0.4, 0.5) is 4.39 Å². The van der Waals surface area contributed by atoms with E-state index < -0.39 is 5.82 Å². The zero-order valence-corrected chi connectivity index (χ0v) is 13.4. The minimum absolute atomic E-state index is 0.0132. The summed E-state index contributed by atoms with van der Waals surface area (Å²) in [6.45, 7) is 1.93. The molecule has 2 rings (SSSR count). The molecule has 110 valence electrons. The van der Waals surface area contributed by atoms with E-state index in [1.165, 1.54) is 17.7 Å². The zero-order chi connectivity index (χ0) is 15.2. The molecule has 0 aromatic heterocycles. The zero-order valence-electron chi connectivity index (χ0n) is 11.8. The molecule has 0 heterocycles. The molecule has 0 saturated carbocycles. The average Bonchev–Trinajstić information content (AvgIpc) is 2.46. The fourth-order valence-corrected chi connectivity index (χ4v) is 2.41. The lowest BCUT2D eigenvalue weighted by molar-refractivity contribution is 0.0934. The van der Waals surface area contributed by atoms with Crippen molar-refractivity contribution < 1.29 is 9.18 Å². The van der Waals surface area contributed by atoms with Crippen LogP contribution < -0.4 is 5.32 Å². The van der Waals surface area contributed by atoms with Gasteiger partial charge < -0.3 is 5.32 Å². The van der Waals surface area contributed by atoms with Crippen LogP contribution in [0.2, 0.25) is 0 Å². The van der Waals surface area contributed by atoms with E-state index in [1.807, 2.05) is 25.1 Å². The van der Waals surface area contributed by atoms with E-state index in [2.05, 4.69) is 33.4 Å². The highest BCUT2D eigenvalue weighted by atomic mass is 79.9. The Labute approximate surface area is 132 Å². The predicted octanol–water partition coefficient (Wildman–Crippen LogP) is 4.34. The van der Waals surface area contributed by atoms with Crippen molar-refractivity contribution in [2.24, 2.45) is 0 Å². The van der Waals surface area contributed by atoms with Crippen molar-refractivity contribution in [2.75, 3.05) is 0 Å². The van der Waals surface area contributed by atoms with Crippen molar-refractivity contribution in [1.82, 2.24) is 5.32 Å². The quantitative estimate of drug-likeness (QED) is 0.854. The summed E-state index contributed by atoms with van der Waals surface area (Å²) >= 11 is 3.18. The van der Waals surface area contributed by atoms with E-state index in [0.717, 1.165) is 12.8 Å². The van der Waals surface area contributed by atoms with Gasteiger partial charge in [-0.1, -0.05) is 46.3 Å². The van der Waals surface area contributed by atoms with Gasteiger partial charge in [0.2, 0.25) is 0 Å². The van der Waals surface area contributed by atoms with Crippen LogP contribution in [0.15, 0.2) is 53.0 Å². The Balaban J connectivity index is 1.90. The Kier molecular flexibility index (Phi) is 5.51. The number of amides is 1. The number of aryl methyl sites for hydroxylation is 1. The molecule has 4 heteroatoms. The third-order valence-corrected chi connectivity index (χ3v) is 3.76. The molecule has 1 atom stereocenters. The summed E-state index contributed by atoms with van der Waals surface area (Å²) in [6.07, 6.45) is 1.69. The van der Waals surface area contributed by atoms with Crippen LogP contribution in [0.25, 0.3) is 0 Å². The molecule has 0 aliphatic heterocycles. The highest BCUT2D eigenvalue weighted by molar-refractivity contribution is 9.10. The van der Waals surface area contributed by atoms with Gasteiger partial charge in [0.25, 0.3) is 5.91 Å². The van der Waals surface area contributed by atoms with Gasteiger partial charge in [0.05, 0.1) is 5.56 Å². The lowest BCUT2D eigenvalue weighted by Gasteiger charge is -2.14. The fraction of sp³-hybridized carbons (Fsp3) is 0.235. The SMILES string of the molecule is CC(CCc1ccccc1)NC(=O)c1ccc(Br)cc1F. The van der Waals surface area contributed by atoms with Crippen LogP contribution in [0.1, 0.15) is 29.3 Å². The van der Waals surface area contributed by atoms with Gasteiger partial charge >= 0.3 is 0 Å². The third kappa shape index (κ3) is 4.67.